The molecule has 3 nitrogen and oxygen atoms in total. The molecule has 3 heteroatoms. The summed E-state index contributed by atoms with van der Waals surface area (Å²) in [7, 11) is 0. The number of nitrogens with two attached hydrogens (primary N) is 1. The molecule has 0 spiro atoms. The maximum absolute atomic E-state index is 8.61. The van der Waals surface area contributed by atoms with Gasteiger partial charge in [-0.2, -0.15) is 0 Å². The van der Waals surface area contributed by atoms with Crippen molar-refractivity contribution in [1.82, 2.24) is 5.32 Å². The Kier molecular flexibility index (Phi) is 7.45. The van der Waals surface area contributed by atoms with Crippen molar-refractivity contribution in [3.05, 3.63) is 0 Å². The molecule has 0 heterocycles. The standard InChI is InChI=1S/C9H22N2O/c1-3-9(4-2)11-7-8(10)5-6-12/h8-9,11-12H,3-7,10H2,1-2H3/t8-/m0/s1. The normalized spacial score (nSPS) is 13.8. The maximum atomic E-state index is 8.61. The van der Waals surface area contributed by atoms with Crippen LogP contribution in [-0.2, 0) is 0 Å². The third-order valence-corrected chi connectivity index (χ3v) is 2.15. The lowest BCUT2D eigenvalue weighted by atomic mass is 10.1. The molecule has 0 amide bonds. The van der Waals surface area contributed by atoms with Crippen LogP contribution in [0.25, 0.3) is 0 Å². The van der Waals surface area contributed by atoms with Crippen LogP contribution in [0.4, 0.5) is 0 Å². The molecule has 0 saturated heterocycles. The van der Waals surface area contributed by atoms with E-state index in [0.29, 0.717) is 12.5 Å². The Labute approximate surface area is 75.3 Å². The van der Waals surface area contributed by atoms with Gasteiger partial charge in [0.15, 0.2) is 0 Å². The highest BCUT2D eigenvalue weighted by Crippen LogP contribution is 1.96. The van der Waals surface area contributed by atoms with Gasteiger partial charge in [0.25, 0.3) is 0 Å². The van der Waals surface area contributed by atoms with Gasteiger partial charge in [-0.3, -0.25) is 0 Å². The molecule has 0 aromatic rings. The zero-order valence-corrected chi connectivity index (χ0v) is 8.21. The lowest BCUT2D eigenvalue weighted by Gasteiger charge is -2.17. The van der Waals surface area contributed by atoms with Crippen LogP contribution in [0.3, 0.4) is 0 Å². The molecule has 74 valence electrons. The number of aliphatic hydroxyl groups is 1. The third kappa shape index (κ3) is 5.52. The van der Waals surface area contributed by atoms with Crippen molar-refractivity contribution in [2.75, 3.05) is 13.2 Å². The average Bonchev–Trinajstić information content (AvgIpc) is 2.07. The summed E-state index contributed by atoms with van der Waals surface area (Å²) < 4.78 is 0. The Balaban J connectivity index is 3.37. The highest BCUT2D eigenvalue weighted by Gasteiger charge is 2.05. The lowest BCUT2D eigenvalue weighted by Crippen LogP contribution is -2.39. The van der Waals surface area contributed by atoms with Gasteiger partial charge in [-0.05, 0) is 19.3 Å². The monoisotopic (exact) mass is 174 g/mol. The van der Waals surface area contributed by atoms with Crippen LogP contribution < -0.4 is 11.1 Å². The minimum atomic E-state index is 0.0931. The molecule has 0 aliphatic heterocycles. The molecule has 0 saturated carbocycles. The summed E-state index contributed by atoms with van der Waals surface area (Å²) in [6.45, 7) is 5.33. The second-order valence-corrected chi connectivity index (χ2v) is 3.19. The van der Waals surface area contributed by atoms with Gasteiger partial charge in [0.2, 0.25) is 0 Å². The molecule has 0 radical (unpaired) electrons. The highest BCUT2D eigenvalue weighted by molar-refractivity contribution is 4.69. The van der Waals surface area contributed by atoms with Crippen molar-refractivity contribution >= 4 is 0 Å². The molecular weight excluding hydrogens is 152 g/mol. The summed E-state index contributed by atoms with van der Waals surface area (Å²) in [5.41, 5.74) is 5.72. The molecule has 0 bridgehead atoms. The zero-order valence-electron chi connectivity index (χ0n) is 8.21. The second kappa shape index (κ2) is 7.53. The Bertz CT molecular complexity index is 94.5. The van der Waals surface area contributed by atoms with Crippen LogP contribution in [0.1, 0.15) is 33.1 Å². The van der Waals surface area contributed by atoms with Crippen molar-refractivity contribution < 1.29 is 5.11 Å². The van der Waals surface area contributed by atoms with Gasteiger partial charge in [-0.25, -0.2) is 0 Å². The number of hydrogen-bond donors (Lipinski definition) is 3. The molecule has 1 atom stereocenters. The van der Waals surface area contributed by atoms with Gasteiger partial charge in [0.1, 0.15) is 0 Å². The minimum absolute atomic E-state index is 0.0931. The minimum Gasteiger partial charge on any atom is -0.396 e. The Morgan fingerprint density at radius 3 is 2.33 bits per heavy atom. The van der Waals surface area contributed by atoms with Crippen LogP contribution in [0, 0.1) is 0 Å². The molecule has 0 aliphatic carbocycles. The first-order chi connectivity index (χ1) is 5.74. The maximum Gasteiger partial charge on any atom is 0.0446 e. The fourth-order valence-corrected chi connectivity index (χ4v) is 1.16. The molecule has 0 aliphatic rings. The van der Waals surface area contributed by atoms with Gasteiger partial charge in [-0.15, -0.1) is 0 Å². The molecular formula is C9H22N2O. The quantitative estimate of drug-likeness (QED) is 0.526. The van der Waals surface area contributed by atoms with E-state index in [4.69, 9.17) is 10.8 Å². The van der Waals surface area contributed by atoms with E-state index in [1.54, 1.807) is 0 Å². The molecule has 4 N–H and O–H groups in total. The first kappa shape index (κ1) is 11.9. The van der Waals surface area contributed by atoms with E-state index in [0.717, 1.165) is 19.4 Å². The van der Waals surface area contributed by atoms with E-state index in [1.807, 2.05) is 0 Å². The van der Waals surface area contributed by atoms with Crippen LogP contribution in [0.15, 0.2) is 0 Å². The predicted molar refractivity (Wildman–Crippen MR) is 52.1 cm³/mol. The Morgan fingerprint density at radius 2 is 1.92 bits per heavy atom. The van der Waals surface area contributed by atoms with Gasteiger partial charge in [0, 0.05) is 25.2 Å². The fraction of sp³-hybridized carbons (Fsp3) is 1.00. The number of rotatable bonds is 7. The van der Waals surface area contributed by atoms with Gasteiger partial charge >= 0.3 is 0 Å². The second-order valence-electron chi connectivity index (χ2n) is 3.19. The van der Waals surface area contributed by atoms with E-state index < -0.39 is 0 Å². The SMILES string of the molecule is CCC(CC)NC[C@@H](N)CCO. The first-order valence-corrected chi connectivity index (χ1v) is 4.84. The lowest BCUT2D eigenvalue weighted by molar-refractivity contribution is 0.272. The van der Waals surface area contributed by atoms with Gasteiger partial charge in [-0.1, -0.05) is 13.8 Å². The van der Waals surface area contributed by atoms with E-state index in [-0.39, 0.29) is 12.6 Å². The van der Waals surface area contributed by atoms with Crippen LogP contribution >= 0.6 is 0 Å². The fourth-order valence-electron chi connectivity index (χ4n) is 1.16. The molecule has 12 heavy (non-hydrogen) atoms. The average molecular weight is 174 g/mol. The van der Waals surface area contributed by atoms with Crippen molar-refractivity contribution in [3.8, 4) is 0 Å². The predicted octanol–water partition coefficient (Wildman–Crippen LogP) is 0.474. The molecule has 0 rings (SSSR count). The van der Waals surface area contributed by atoms with E-state index in [2.05, 4.69) is 19.2 Å². The summed E-state index contributed by atoms with van der Waals surface area (Å²) in [6, 6.07) is 0.672. The summed E-state index contributed by atoms with van der Waals surface area (Å²) in [4.78, 5) is 0. The summed E-state index contributed by atoms with van der Waals surface area (Å²) in [5, 5.41) is 12.0. The van der Waals surface area contributed by atoms with E-state index in [9.17, 15) is 0 Å². The molecule has 0 unspecified atom stereocenters. The first-order valence-electron chi connectivity index (χ1n) is 4.84. The topological polar surface area (TPSA) is 58.3 Å². The number of hydrogen-bond acceptors (Lipinski definition) is 3. The summed E-state index contributed by atoms with van der Waals surface area (Å²) in [5.74, 6) is 0. The number of nitrogens with one attached hydrogen (secondary N) is 1. The third-order valence-electron chi connectivity index (χ3n) is 2.15. The van der Waals surface area contributed by atoms with Crippen LogP contribution in [0.2, 0.25) is 0 Å². The smallest absolute Gasteiger partial charge is 0.0446 e. The van der Waals surface area contributed by atoms with Crippen molar-refractivity contribution in [3.63, 3.8) is 0 Å². The van der Waals surface area contributed by atoms with Crippen molar-refractivity contribution in [2.24, 2.45) is 5.73 Å². The van der Waals surface area contributed by atoms with E-state index >= 15 is 0 Å². The Hall–Kier alpha value is -0.120. The molecule has 0 aromatic carbocycles. The Morgan fingerprint density at radius 1 is 1.33 bits per heavy atom. The van der Waals surface area contributed by atoms with Crippen LogP contribution in [-0.4, -0.2) is 30.3 Å². The van der Waals surface area contributed by atoms with E-state index in [1.165, 1.54) is 0 Å². The largest absolute Gasteiger partial charge is 0.396 e. The van der Waals surface area contributed by atoms with Gasteiger partial charge in [0.05, 0.1) is 0 Å². The zero-order chi connectivity index (χ0) is 9.40. The highest BCUT2D eigenvalue weighted by atomic mass is 16.3. The van der Waals surface area contributed by atoms with Crippen molar-refractivity contribution in [1.29, 1.82) is 0 Å². The van der Waals surface area contributed by atoms with Crippen molar-refractivity contribution in [2.45, 2.75) is 45.2 Å². The van der Waals surface area contributed by atoms with Gasteiger partial charge < -0.3 is 16.2 Å². The van der Waals surface area contributed by atoms with Crippen LogP contribution in [0.5, 0.6) is 0 Å². The molecule has 0 aromatic heterocycles. The molecule has 0 fully saturated rings. The summed E-state index contributed by atoms with van der Waals surface area (Å²) in [6.07, 6.45) is 2.97. The number of aliphatic hydroxyl groups excluding tert-OH is 1. The summed E-state index contributed by atoms with van der Waals surface area (Å²) >= 11 is 0.